The molecule has 0 fully saturated rings. The van der Waals surface area contributed by atoms with Gasteiger partial charge >= 0.3 is 0 Å². The minimum atomic E-state index is 0.131. The predicted molar refractivity (Wildman–Crippen MR) is 69.8 cm³/mol. The van der Waals surface area contributed by atoms with Crippen LogP contribution in [0, 0.1) is 0 Å². The standard InChI is InChI=1S/C14H17N3O/c1-15-13(11-8-16-17(2)9-11)12-5-3-4-10-6-7-18-14(10)12/h3-5,8-9,13,15H,6-7H2,1-2H3. The Balaban J connectivity index is 2.05. The molecule has 4 heteroatoms. The number of aryl methyl sites for hydroxylation is 1. The summed E-state index contributed by atoms with van der Waals surface area (Å²) in [5, 5.41) is 7.58. The number of ether oxygens (including phenoxy) is 1. The first kappa shape index (κ1) is 11.3. The fourth-order valence-electron chi connectivity index (χ4n) is 2.56. The van der Waals surface area contributed by atoms with Gasteiger partial charge in [-0.15, -0.1) is 0 Å². The number of fused-ring (bicyclic) bond motifs is 1. The summed E-state index contributed by atoms with van der Waals surface area (Å²) >= 11 is 0. The maximum atomic E-state index is 5.77. The molecule has 4 nitrogen and oxygen atoms in total. The average Bonchev–Trinajstić information content (AvgIpc) is 2.99. The minimum Gasteiger partial charge on any atom is -0.493 e. The highest BCUT2D eigenvalue weighted by Gasteiger charge is 2.22. The number of aromatic nitrogens is 2. The maximum absolute atomic E-state index is 5.77. The van der Waals surface area contributed by atoms with Gasteiger partial charge in [-0.3, -0.25) is 4.68 Å². The zero-order chi connectivity index (χ0) is 12.5. The molecule has 2 heterocycles. The van der Waals surface area contributed by atoms with Crippen molar-refractivity contribution in [1.29, 1.82) is 0 Å². The number of nitrogens with zero attached hydrogens (tertiary/aromatic N) is 2. The molecular weight excluding hydrogens is 226 g/mol. The van der Waals surface area contributed by atoms with Crippen LogP contribution in [0.5, 0.6) is 5.75 Å². The molecule has 1 aromatic heterocycles. The van der Waals surface area contributed by atoms with Crippen LogP contribution in [-0.4, -0.2) is 23.4 Å². The van der Waals surface area contributed by atoms with Crippen LogP contribution in [0.1, 0.15) is 22.7 Å². The van der Waals surface area contributed by atoms with Crippen LogP contribution in [0.3, 0.4) is 0 Å². The average molecular weight is 243 g/mol. The van der Waals surface area contributed by atoms with Crippen molar-refractivity contribution in [3.8, 4) is 5.75 Å². The number of hydrogen-bond acceptors (Lipinski definition) is 3. The first-order chi connectivity index (χ1) is 8.79. The third kappa shape index (κ3) is 1.78. The van der Waals surface area contributed by atoms with Crippen molar-refractivity contribution in [2.24, 2.45) is 7.05 Å². The van der Waals surface area contributed by atoms with Crippen molar-refractivity contribution in [3.63, 3.8) is 0 Å². The van der Waals surface area contributed by atoms with E-state index in [0.717, 1.165) is 24.3 Å². The van der Waals surface area contributed by atoms with Gasteiger partial charge in [0, 0.05) is 30.8 Å². The van der Waals surface area contributed by atoms with Crippen LogP contribution in [0.4, 0.5) is 0 Å². The van der Waals surface area contributed by atoms with Gasteiger partial charge in [0.1, 0.15) is 5.75 Å². The molecule has 1 aliphatic rings. The Bertz CT molecular complexity index is 562. The fourth-order valence-corrected chi connectivity index (χ4v) is 2.56. The van der Waals surface area contributed by atoms with E-state index >= 15 is 0 Å². The van der Waals surface area contributed by atoms with Gasteiger partial charge < -0.3 is 10.1 Å². The van der Waals surface area contributed by atoms with E-state index in [1.54, 1.807) is 0 Å². The van der Waals surface area contributed by atoms with Gasteiger partial charge in [-0.1, -0.05) is 18.2 Å². The second-order valence-electron chi connectivity index (χ2n) is 4.60. The van der Waals surface area contributed by atoms with E-state index in [1.165, 1.54) is 11.1 Å². The van der Waals surface area contributed by atoms with Crippen LogP contribution in [0.15, 0.2) is 30.6 Å². The lowest BCUT2D eigenvalue weighted by molar-refractivity contribution is 0.351. The van der Waals surface area contributed by atoms with Crippen molar-refractivity contribution < 1.29 is 4.74 Å². The Hall–Kier alpha value is -1.81. The summed E-state index contributed by atoms with van der Waals surface area (Å²) in [7, 11) is 3.90. The second-order valence-corrected chi connectivity index (χ2v) is 4.60. The van der Waals surface area contributed by atoms with Crippen molar-refractivity contribution in [3.05, 3.63) is 47.3 Å². The predicted octanol–water partition coefficient (Wildman–Crippen LogP) is 1.66. The van der Waals surface area contributed by atoms with E-state index in [0.29, 0.717) is 0 Å². The summed E-state index contributed by atoms with van der Waals surface area (Å²) in [5.41, 5.74) is 3.65. The minimum absolute atomic E-state index is 0.131. The molecule has 0 saturated carbocycles. The van der Waals surface area contributed by atoms with Gasteiger partial charge in [0.2, 0.25) is 0 Å². The van der Waals surface area contributed by atoms with Gasteiger partial charge in [-0.25, -0.2) is 0 Å². The van der Waals surface area contributed by atoms with E-state index in [-0.39, 0.29) is 6.04 Å². The van der Waals surface area contributed by atoms with Gasteiger partial charge in [-0.2, -0.15) is 5.10 Å². The number of para-hydroxylation sites is 1. The highest BCUT2D eigenvalue weighted by molar-refractivity contribution is 5.48. The SMILES string of the molecule is CNC(c1cnn(C)c1)c1cccc2c1OCC2. The first-order valence-corrected chi connectivity index (χ1v) is 6.20. The molecule has 1 atom stereocenters. The number of benzene rings is 1. The maximum Gasteiger partial charge on any atom is 0.127 e. The van der Waals surface area contributed by atoms with Crippen molar-refractivity contribution in [2.45, 2.75) is 12.5 Å². The number of nitrogens with one attached hydrogen (secondary N) is 1. The van der Waals surface area contributed by atoms with Gasteiger partial charge in [-0.05, 0) is 12.6 Å². The van der Waals surface area contributed by atoms with Crippen LogP contribution in [-0.2, 0) is 13.5 Å². The molecule has 0 radical (unpaired) electrons. The van der Waals surface area contributed by atoms with E-state index < -0.39 is 0 Å². The van der Waals surface area contributed by atoms with Gasteiger partial charge in [0.25, 0.3) is 0 Å². The molecule has 18 heavy (non-hydrogen) atoms. The summed E-state index contributed by atoms with van der Waals surface area (Å²) in [6.07, 6.45) is 4.94. The van der Waals surface area contributed by atoms with E-state index in [1.807, 2.05) is 31.2 Å². The van der Waals surface area contributed by atoms with Gasteiger partial charge in [0.05, 0.1) is 18.8 Å². The Morgan fingerprint density at radius 3 is 3.06 bits per heavy atom. The van der Waals surface area contributed by atoms with Crippen LogP contribution < -0.4 is 10.1 Å². The summed E-state index contributed by atoms with van der Waals surface area (Å²) in [6.45, 7) is 0.788. The number of hydrogen-bond donors (Lipinski definition) is 1. The second kappa shape index (κ2) is 4.46. The monoisotopic (exact) mass is 243 g/mol. The zero-order valence-electron chi connectivity index (χ0n) is 10.7. The summed E-state index contributed by atoms with van der Waals surface area (Å²) in [6, 6.07) is 6.50. The third-order valence-corrected chi connectivity index (χ3v) is 3.40. The quantitative estimate of drug-likeness (QED) is 0.891. The van der Waals surface area contributed by atoms with Crippen LogP contribution >= 0.6 is 0 Å². The fraction of sp³-hybridized carbons (Fsp3) is 0.357. The summed E-state index contributed by atoms with van der Waals surface area (Å²) in [5.74, 6) is 1.04. The van der Waals surface area contributed by atoms with Crippen molar-refractivity contribution in [1.82, 2.24) is 15.1 Å². The van der Waals surface area contributed by atoms with E-state index in [9.17, 15) is 0 Å². The normalized spacial score (nSPS) is 15.2. The third-order valence-electron chi connectivity index (χ3n) is 3.40. The number of rotatable bonds is 3. The Labute approximate surface area is 107 Å². The Morgan fingerprint density at radius 1 is 1.44 bits per heavy atom. The molecule has 1 aliphatic heterocycles. The van der Waals surface area contributed by atoms with Crippen molar-refractivity contribution in [2.75, 3.05) is 13.7 Å². The van der Waals surface area contributed by atoms with E-state index in [2.05, 4.69) is 28.6 Å². The largest absolute Gasteiger partial charge is 0.493 e. The van der Waals surface area contributed by atoms with Crippen LogP contribution in [0.25, 0.3) is 0 Å². The van der Waals surface area contributed by atoms with Gasteiger partial charge in [0.15, 0.2) is 0 Å². The lowest BCUT2D eigenvalue weighted by Crippen LogP contribution is -2.17. The Morgan fingerprint density at radius 2 is 2.33 bits per heavy atom. The molecule has 1 unspecified atom stereocenters. The van der Waals surface area contributed by atoms with Crippen molar-refractivity contribution >= 4 is 0 Å². The molecule has 94 valence electrons. The molecule has 0 aliphatic carbocycles. The summed E-state index contributed by atoms with van der Waals surface area (Å²) in [4.78, 5) is 0. The highest BCUT2D eigenvalue weighted by Crippen LogP contribution is 2.35. The smallest absolute Gasteiger partial charge is 0.127 e. The highest BCUT2D eigenvalue weighted by atomic mass is 16.5. The molecule has 0 bridgehead atoms. The molecule has 3 rings (SSSR count). The molecule has 0 spiro atoms. The molecule has 1 N–H and O–H groups in total. The topological polar surface area (TPSA) is 39.1 Å². The molecule has 0 amide bonds. The molecular formula is C14H17N3O. The lowest BCUT2D eigenvalue weighted by atomic mass is 9.98. The van der Waals surface area contributed by atoms with Crippen LogP contribution in [0.2, 0.25) is 0 Å². The Kier molecular flexibility index (Phi) is 2.80. The first-order valence-electron chi connectivity index (χ1n) is 6.20. The zero-order valence-corrected chi connectivity index (χ0v) is 10.7. The molecule has 0 saturated heterocycles. The summed E-state index contributed by atoms with van der Waals surface area (Å²) < 4.78 is 7.60. The molecule has 2 aromatic rings. The molecule has 1 aromatic carbocycles. The van der Waals surface area contributed by atoms with E-state index in [4.69, 9.17) is 4.74 Å². The lowest BCUT2D eigenvalue weighted by Gasteiger charge is -2.17.